The molecule has 0 aromatic heterocycles. The van der Waals surface area contributed by atoms with Crippen LogP contribution in [0.15, 0.2) is 41.4 Å². The van der Waals surface area contributed by atoms with Crippen LogP contribution in [0.25, 0.3) is 0 Å². The van der Waals surface area contributed by atoms with Crippen molar-refractivity contribution in [2.24, 2.45) is 4.99 Å². The molecule has 0 spiro atoms. The van der Waals surface area contributed by atoms with Gasteiger partial charge in [-0.3, -0.25) is 4.99 Å². The van der Waals surface area contributed by atoms with Crippen LogP contribution in [-0.4, -0.2) is 52.9 Å². The Labute approximate surface area is 199 Å². The fourth-order valence-electron chi connectivity index (χ4n) is 3.52. The van der Waals surface area contributed by atoms with Gasteiger partial charge in [0.15, 0.2) is 5.96 Å². The van der Waals surface area contributed by atoms with E-state index in [2.05, 4.69) is 20.5 Å². The molecular formula is C22H29F2IN4O2. The number of aliphatic imine (C=N–C) groups is 1. The van der Waals surface area contributed by atoms with Gasteiger partial charge in [-0.2, -0.15) is 0 Å². The van der Waals surface area contributed by atoms with E-state index in [1.807, 2.05) is 18.2 Å². The Morgan fingerprint density at radius 1 is 1.13 bits per heavy atom. The highest BCUT2D eigenvalue weighted by Gasteiger charge is 2.24. The summed E-state index contributed by atoms with van der Waals surface area (Å²) in [7, 11) is 4.98. The van der Waals surface area contributed by atoms with Crippen molar-refractivity contribution in [1.29, 1.82) is 0 Å². The number of anilines is 1. The van der Waals surface area contributed by atoms with Gasteiger partial charge in [-0.25, -0.2) is 8.78 Å². The largest absolute Gasteiger partial charge is 0.497 e. The highest BCUT2D eigenvalue weighted by Crippen LogP contribution is 2.30. The zero-order valence-corrected chi connectivity index (χ0v) is 20.3. The van der Waals surface area contributed by atoms with Crippen molar-refractivity contribution in [2.45, 2.75) is 18.9 Å². The van der Waals surface area contributed by atoms with Gasteiger partial charge in [0.2, 0.25) is 0 Å². The molecule has 2 N–H and O–H groups in total. The van der Waals surface area contributed by atoms with Gasteiger partial charge >= 0.3 is 0 Å². The Hall–Kier alpha value is -2.30. The van der Waals surface area contributed by atoms with Crippen molar-refractivity contribution < 1.29 is 18.3 Å². The number of hydrogen-bond acceptors (Lipinski definition) is 4. The minimum atomic E-state index is -0.568. The molecule has 1 aliphatic rings. The van der Waals surface area contributed by atoms with Crippen LogP contribution in [0.5, 0.6) is 11.5 Å². The van der Waals surface area contributed by atoms with Gasteiger partial charge in [-0.05, 0) is 24.5 Å². The highest BCUT2D eigenvalue weighted by atomic mass is 127. The number of hydrogen-bond donors (Lipinski definition) is 2. The van der Waals surface area contributed by atoms with E-state index in [4.69, 9.17) is 9.47 Å². The molecule has 0 bridgehead atoms. The molecule has 0 radical (unpaired) electrons. The Balaban J connectivity index is 0.00000341. The predicted molar refractivity (Wildman–Crippen MR) is 130 cm³/mol. The summed E-state index contributed by atoms with van der Waals surface area (Å²) in [6.45, 7) is 2.20. The summed E-state index contributed by atoms with van der Waals surface area (Å²) in [5.41, 5.74) is 1.52. The quantitative estimate of drug-likeness (QED) is 0.316. The standard InChI is InChI=1S/C22H28F2N4O2.HI/c1-25-22(26-8-6-15-4-5-16(23)10-21(15)24)27-17-7-9-28(14-17)18-11-19(29-2)13-20(12-18)30-3;/h4-5,10-13,17H,6-9,14H2,1-3H3,(H2,25,26,27);1H. The molecule has 1 saturated heterocycles. The summed E-state index contributed by atoms with van der Waals surface area (Å²) in [4.78, 5) is 6.52. The van der Waals surface area contributed by atoms with Crippen LogP contribution in [0.3, 0.4) is 0 Å². The first kappa shape index (κ1) is 25.0. The second kappa shape index (κ2) is 11.9. The Bertz CT molecular complexity index is 876. The number of ether oxygens (including phenoxy) is 2. The molecule has 0 aliphatic carbocycles. The van der Waals surface area contributed by atoms with E-state index in [9.17, 15) is 8.78 Å². The molecule has 9 heteroatoms. The van der Waals surface area contributed by atoms with E-state index in [1.54, 1.807) is 21.3 Å². The lowest BCUT2D eigenvalue weighted by Gasteiger charge is -2.21. The van der Waals surface area contributed by atoms with Crippen molar-refractivity contribution in [3.8, 4) is 11.5 Å². The van der Waals surface area contributed by atoms with E-state index >= 15 is 0 Å². The Morgan fingerprint density at radius 2 is 1.84 bits per heavy atom. The Morgan fingerprint density at radius 3 is 2.45 bits per heavy atom. The maximum absolute atomic E-state index is 13.8. The fraction of sp³-hybridized carbons (Fsp3) is 0.409. The van der Waals surface area contributed by atoms with Gasteiger partial charge < -0.3 is 25.0 Å². The average molecular weight is 546 g/mol. The summed E-state index contributed by atoms with van der Waals surface area (Å²) < 4.78 is 37.5. The summed E-state index contributed by atoms with van der Waals surface area (Å²) in [5.74, 6) is 1.08. The summed E-state index contributed by atoms with van der Waals surface area (Å²) in [5, 5.41) is 6.61. The minimum absolute atomic E-state index is 0. The molecule has 31 heavy (non-hydrogen) atoms. The third-order valence-corrected chi connectivity index (χ3v) is 5.16. The molecule has 170 valence electrons. The Kier molecular flexibility index (Phi) is 9.60. The zero-order chi connectivity index (χ0) is 21.5. The SMILES string of the molecule is CN=C(NCCc1ccc(F)cc1F)NC1CCN(c2cc(OC)cc(OC)c2)C1.I. The minimum Gasteiger partial charge on any atom is -0.497 e. The molecule has 0 amide bonds. The third-order valence-electron chi connectivity index (χ3n) is 5.16. The van der Waals surface area contributed by atoms with Crippen molar-refractivity contribution >= 4 is 35.6 Å². The van der Waals surface area contributed by atoms with E-state index in [-0.39, 0.29) is 30.0 Å². The molecule has 1 heterocycles. The van der Waals surface area contributed by atoms with E-state index in [0.717, 1.165) is 42.8 Å². The predicted octanol–water partition coefficient (Wildman–Crippen LogP) is 3.59. The number of methoxy groups -OCH3 is 2. The van der Waals surface area contributed by atoms with Crippen molar-refractivity contribution in [3.63, 3.8) is 0 Å². The van der Waals surface area contributed by atoms with Crippen LogP contribution in [0.4, 0.5) is 14.5 Å². The van der Waals surface area contributed by atoms with Crippen LogP contribution >= 0.6 is 24.0 Å². The molecule has 1 aliphatic heterocycles. The second-order valence-corrected chi connectivity index (χ2v) is 7.13. The lowest BCUT2D eigenvalue weighted by Crippen LogP contribution is -2.45. The molecule has 0 saturated carbocycles. The number of nitrogens with one attached hydrogen (secondary N) is 2. The first-order valence-corrected chi connectivity index (χ1v) is 9.91. The van der Waals surface area contributed by atoms with Crippen molar-refractivity contribution in [2.75, 3.05) is 45.8 Å². The van der Waals surface area contributed by atoms with E-state index < -0.39 is 11.6 Å². The van der Waals surface area contributed by atoms with Gasteiger partial charge in [0.05, 0.1) is 14.2 Å². The van der Waals surface area contributed by atoms with Crippen LogP contribution in [0.2, 0.25) is 0 Å². The average Bonchev–Trinajstić information content (AvgIpc) is 3.22. The zero-order valence-electron chi connectivity index (χ0n) is 18.0. The summed E-state index contributed by atoms with van der Waals surface area (Å²) in [6.07, 6.45) is 1.39. The van der Waals surface area contributed by atoms with Crippen molar-refractivity contribution in [1.82, 2.24) is 10.6 Å². The summed E-state index contributed by atoms with van der Waals surface area (Å²) in [6, 6.07) is 9.71. The highest BCUT2D eigenvalue weighted by molar-refractivity contribution is 14.0. The number of guanidine groups is 1. The third kappa shape index (κ3) is 6.84. The van der Waals surface area contributed by atoms with Crippen molar-refractivity contribution in [3.05, 3.63) is 53.6 Å². The van der Waals surface area contributed by atoms with Gasteiger partial charge in [0.25, 0.3) is 0 Å². The maximum atomic E-state index is 13.8. The van der Waals surface area contributed by atoms with Gasteiger partial charge in [-0.1, -0.05) is 6.07 Å². The smallest absolute Gasteiger partial charge is 0.191 e. The molecule has 1 unspecified atom stereocenters. The van der Waals surface area contributed by atoms with Gasteiger partial charge in [0.1, 0.15) is 23.1 Å². The molecule has 3 rings (SSSR count). The number of benzene rings is 2. The molecule has 2 aromatic rings. The van der Waals surface area contributed by atoms with E-state index in [0.29, 0.717) is 24.5 Å². The van der Waals surface area contributed by atoms with Gasteiger partial charge in [0, 0.05) is 62.7 Å². The van der Waals surface area contributed by atoms with Crippen LogP contribution in [-0.2, 0) is 6.42 Å². The van der Waals surface area contributed by atoms with Gasteiger partial charge in [-0.15, -0.1) is 24.0 Å². The first-order chi connectivity index (χ1) is 14.5. The maximum Gasteiger partial charge on any atom is 0.191 e. The molecule has 6 nitrogen and oxygen atoms in total. The molecule has 1 atom stereocenters. The fourth-order valence-corrected chi connectivity index (χ4v) is 3.52. The van der Waals surface area contributed by atoms with Crippen LogP contribution in [0, 0.1) is 11.6 Å². The number of halogens is 3. The lowest BCUT2D eigenvalue weighted by atomic mass is 10.1. The van der Waals surface area contributed by atoms with Crippen LogP contribution < -0.4 is 25.0 Å². The molecule has 1 fully saturated rings. The first-order valence-electron chi connectivity index (χ1n) is 9.91. The van der Waals surface area contributed by atoms with E-state index in [1.165, 1.54) is 12.1 Å². The topological polar surface area (TPSA) is 58.1 Å². The molecular weight excluding hydrogens is 517 g/mol. The number of nitrogens with zero attached hydrogens (tertiary/aromatic N) is 2. The summed E-state index contributed by atoms with van der Waals surface area (Å²) >= 11 is 0. The normalized spacial score (nSPS) is 16.0. The number of rotatable bonds is 7. The lowest BCUT2D eigenvalue weighted by molar-refractivity contribution is 0.394. The molecule has 2 aromatic carbocycles. The monoisotopic (exact) mass is 546 g/mol. The second-order valence-electron chi connectivity index (χ2n) is 7.13. The van der Waals surface area contributed by atoms with Crippen LogP contribution in [0.1, 0.15) is 12.0 Å².